The van der Waals surface area contributed by atoms with E-state index in [0.717, 1.165) is 0 Å². The van der Waals surface area contributed by atoms with Gasteiger partial charge in [-0.05, 0) is 44.6 Å². The number of carboxylic acids is 1. The van der Waals surface area contributed by atoms with E-state index >= 15 is 0 Å². The minimum atomic E-state index is -1.18. The molecule has 0 saturated heterocycles. The average Bonchev–Trinajstić information content (AvgIpc) is 3.37. The van der Waals surface area contributed by atoms with Crippen LogP contribution in [0.3, 0.4) is 0 Å². The largest absolute Gasteiger partial charge is 0.480 e. The van der Waals surface area contributed by atoms with Gasteiger partial charge in [0.2, 0.25) is 17.7 Å². The lowest BCUT2D eigenvalue weighted by molar-refractivity contribution is -0.142. The summed E-state index contributed by atoms with van der Waals surface area (Å²) in [4.78, 5) is 61.6. The first-order valence-electron chi connectivity index (χ1n) is 13.1. The molecule has 13 N–H and O–H groups in total. The summed E-state index contributed by atoms with van der Waals surface area (Å²) in [5, 5.41) is 17.4. The molecule has 0 aliphatic carbocycles. The Kier molecular flexibility index (Phi) is 15.1. The number of carbonyl (C=O) groups is 4. The summed E-state index contributed by atoms with van der Waals surface area (Å²) < 4.78 is 0. The predicted molar refractivity (Wildman–Crippen MR) is 146 cm³/mol. The SMILES string of the molecule is CC(C)CC(NC(=O)C(CCCN=C(N)N)NC(=O)C(Cc1cnc[nH]1)NC(=O)C(N)CCCCN)C(=O)O. The zero-order valence-corrected chi connectivity index (χ0v) is 22.7. The van der Waals surface area contributed by atoms with Crippen LogP contribution in [0.15, 0.2) is 17.5 Å². The highest BCUT2D eigenvalue weighted by Gasteiger charge is 2.30. The number of H-pyrrole nitrogens is 1. The molecule has 4 atom stereocenters. The number of aromatic nitrogens is 2. The lowest BCUT2D eigenvalue weighted by atomic mass is 10.0. The number of aliphatic carboxylic acids is 1. The topological polar surface area (TPSA) is 270 Å². The Hall–Kier alpha value is -3.72. The molecule has 1 heterocycles. The lowest BCUT2D eigenvalue weighted by Gasteiger charge is -2.25. The molecule has 0 bridgehead atoms. The molecule has 15 nitrogen and oxygen atoms in total. The van der Waals surface area contributed by atoms with Crippen molar-refractivity contribution in [2.75, 3.05) is 13.1 Å². The Labute approximate surface area is 228 Å². The minimum Gasteiger partial charge on any atom is -0.480 e. The number of hydrogen-bond acceptors (Lipinski definition) is 8. The number of hydrogen-bond donors (Lipinski definition) is 9. The number of amides is 3. The molecule has 39 heavy (non-hydrogen) atoms. The van der Waals surface area contributed by atoms with Crippen LogP contribution < -0.4 is 38.9 Å². The number of guanidine groups is 1. The lowest BCUT2D eigenvalue weighted by Crippen LogP contribution is -2.57. The Morgan fingerprint density at radius 3 is 2.18 bits per heavy atom. The molecular weight excluding hydrogens is 508 g/mol. The van der Waals surface area contributed by atoms with Gasteiger partial charge in [-0.2, -0.15) is 0 Å². The van der Waals surface area contributed by atoms with Gasteiger partial charge in [0.25, 0.3) is 0 Å². The number of rotatable bonds is 19. The Bertz CT molecular complexity index is 934. The van der Waals surface area contributed by atoms with E-state index in [4.69, 9.17) is 22.9 Å². The van der Waals surface area contributed by atoms with Crippen molar-refractivity contribution in [3.8, 4) is 0 Å². The summed E-state index contributed by atoms with van der Waals surface area (Å²) >= 11 is 0. The van der Waals surface area contributed by atoms with Crippen LogP contribution in [0.4, 0.5) is 0 Å². The van der Waals surface area contributed by atoms with Gasteiger partial charge in [-0.3, -0.25) is 19.4 Å². The molecule has 0 fully saturated rings. The van der Waals surface area contributed by atoms with Gasteiger partial charge in [-0.25, -0.2) is 9.78 Å². The number of nitrogens with two attached hydrogens (primary N) is 4. The Morgan fingerprint density at radius 1 is 0.974 bits per heavy atom. The van der Waals surface area contributed by atoms with E-state index < -0.39 is 47.9 Å². The van der Waals surface area contributed by atoms with Crippen molar-refractivity contribution in [1.82, 2.24) is 25.9 Å². The summed E-state index contributed by atoms with van der Waals surface area (Å²) in [6.07, 6.45) is 5.40. The van der Waals surface area contributed by atoms with Crippen LogP contribution in [0.1, 0.15) is 58.1 Å². The van der Waals surface area contributed by atoms with Crippen molar-refractivity contribution in [2.24, 2.45) is 33.8 Å². The first-order valence-corrected chi connectivity index (χ1v) is 13.1. The number of imidazole rings is 1. The molecule has 15 heteroatoms. The third kappa shape index (κ3) is 13.6. The predicted octanol–water partition coefficient (Wildman–Crippen LogP) is -1.95. The summed E-state index contributed by atoms with van der Waals surface area (Å²) in [6, 6.07) is -4.18. The van der Waals surface area contributed by atoms with Crippen molar-refractivity contribution in [2.45, 2.75) is 83.0 Å². The van der Waals surface area contributed by atoms with Crippen LogP contribution in [0.2, 0.25) is 0 Å². The van der Waals surface area contributed by atoms with E-state index in [1.807, 2.05) is 13.8 Å². The standard InChI is InChI=1S/C24H44N10O5/c1-14(2)10-19(23(38)39)34-21(36)17(7-5-9-30-24(27)28)32-22(37)18(11-15-12-29-13-31-15)33-20(35)16(26)6-3-4-8-25/h12-14,16-19H,3-11,25-26H2,1-2H3,(H,29,31)(H,32,37)(H,33,35)(H,34,36)(H,38,39)(H4,27,28,30). The molecule has 0 radical (unpaired) electrons. The quantitative estimate of drug-likeness (QED) is 0.0519. The van der Waals surface area contributed by atoms with Crippen LogP contribution in [-0.2, 0) is 25.6 Å². The molecule has 1 rings (SSSR count). The number of nitrogens with one attached hydrogen (secondary N) is 4. The highest BCUT2D eigenvalue weighted by molar-refractivity contribution is 5.94. The minimum absolute atomic E-state index is 0.00404. The molecule has 0 aliphatic heterocycles. The van der Waals surface area contributed by atoms with Crippen molar-refractivity contribution < 1.29 is 24.3 Å². The molecular formula is C24H44N10O5. The molecule has 0 spiro atoms. The zero-order chi connectivity index (χ0) is 29.4. The maximum atomic E-state index is 13.4. The zero-order valence-electron chi connectivity index (χ0n) is 22.7. The second kappa shape index (κ2) is 17.7. The fourth-order valence-corrected chi connectivity index (χ4v) is 3.75. The second-order valence-electron chi connectivity index (χ2n) is 9.77. The van der Waals surface area contributed by atoms with Gasteiger partial charge in [0, 0.05) is 24.9 Å². The summed E-state index contributed by atoms with van der Waals surface area (Å²) in [5.41, 5.74) is 22.8. The van der Waals surface area contributed by atoms with E-state index in [1.54, 1.807) is 0 Å². The maximum Gasteiger partial charge on any atom is 0.326 e. The normalized spacial score (nSPS) is 14.1. The third-order valence-corrected chi connectivity index (χ3v) is 5.82. The summed E-state index contributed by atoms with van der Waals surface area (Å²) in [7, 11) is 0. The fourth-order valence-electron chi connectivity index (χ4n) is 3.75. The Morgan fingerprint density at radius 2 is 1.62 bits per heavy atom. The number of nitrogens with zero attached hydrogens (tertiary/aromatic N) is 2. The molecule has 1 aromatic rings. The van der Waals surface area contributed by atoms with E-state index in [-0.39, 0.29) is 37.7 Å². The van der Waals surface area contributed by atoms with Crippen LogP contribution in [-0.4, -0.2) is 82.0 Å². The third-order valence-electron chi connectivity index (χ3n) is 5.82. The van der Waals surface area contributed by atoms with E-state index in [0.29, 0.717) is 37.9 Å². The van der Waals surface area contributed by atoms with Gasteiger partial charge in [-0.1, -0.05) is 20.3 Å². The summed E-state index contributed by atoms with van der Waals surface area (Å²) in [6.45, 7) is 4.34. The van der Waals surface area contributed by atoms with Gasteiger partial charge in [0.05, 0.1) is 12.4 Å². The van der Waals surface area contributed by atoms with Gasteiger partial charge < -0.3 is 49.0 Å². The van der Waals surface area contributed by atoms with E-state index in [1.165, 1.54) is 12.5 Å². The van der Waals surface area contributed by atoms with Crippen LogP contribution in [0.5, 0.6) is 0 Å². The number of aromatic amines is 1. The molecule has 0 aliphatic rings. The number of aliphatic imine (C=N–C) groups is 1. The van der Waals surface area contributed by atoms with Gasteiger partial charge >= 0.3 is 5.97 Å². The van der Waals surface area contributed by atoms with Crippen LogP contribution >= 0.6 is 0 Å². The monoisotopic (exact) mass is 552 g/mol. The van der Waals surface area contributed by atoms with Gasteiger partial charge in [-0.15, -0.1) is 0 Å². The van der Waals surface area contributed by atoms with Crippen LogP contribution in [0, 0.1) is 5.92 Å². The Balaban J connectivity index is 3.07. The number of carbonyl (C=O) groups excluding carboxylic acids is 3. The van der Waals surface area contributed by atoms with Crippen molar-refractivity contribution in [3.63, 3.8) is 0 Å². The second-order valence-corrected chi connectivity index (χ2v) is 9.77. The van der Waals surface area contributed by atoms with E-state index in [2.05, 4.69) is 30.9 Å². The molecule has 4 unspecified atom stereocenters. The highest BCUT2D eigenvalue weighted by Crippen LogP contribution is 2.08. The first-order chi connectivity index (χ1) is 18.4. The van der Waals surface area contributed by atoms with Crippen molar-refractivity contribution >= 4 is 29.7 Å². The molecule has 0 saturated carbocycles. The molecule has 1 aromatic heterocycles. The van der Waals surface area contributed by atoms with Crippen molar-refractivity contribution in [3.05, 3.63) is 18.2 Å². The number of carboxylic acid groups (broad SMARTS) is 1. The maximum absolute atomic E-state index is 13.4. The van der Waals surface area contributed by atoms with Crippen molar-refractivity contribution in [1.29, 1.82) is 0 Å². The average molecular weight is 553 g/mol. The van der Waals surface area contributed by atoms with E-state index in [9.17, 15) is 24.3 Å². The smallest absolute Gasteiger partial charge is 0.326 e. The van der Waals surface area contributed by atoms with Gasteiger partial charge in [0.15, 0.2) is 5.96 Å². The first kappa shape index (κ1) is 33.3. The van der Waals surface area contributed by atoms with Gasteiger partial charge in [0.1, 0.15) is 18.1 Å². The molecule has 3 amide bonds. The highest BCUT2D eigenvalue weighted by atomic mass is 16.4. The fraction of sp³-hybridized carbons (Fsp3) is 0.667. The summed E-state index contributed by atoms with van der Waals surface area (Å²) in [5.74, 6) is -3.15. The molecule has 0 aromatic carbocycles. The number of unbranched alkanes of at least 4 members (excludes halogenated alkanes) is 1. The van der Waals surface area contributed by atoms with Crippen LogP contribution in [0.25, 0.3) is 0 Å². The molecule has 220 valence electrons.